The quantitative estimate of drug-likeness (QED) is 0.714. The summed E-state index contributed by atoms with van der Waals surface area (Å²) in [5.74, 6) is -1.59. The number of carbonyl (C=O) groups excluding carboxylic acids is 1. The van der Waals surface area contributed by atoms with E-state index in [4.69, 9.17) is 0 Å². The molecule has 17 heavy (non-hydrogen) atoms. The molecule has 0 saturated heterocycles. The minimum Gasteiger partial charge on any atom is -0.303 e. The second-order valence-electron chi connectivity index (χ2n) is 3.82. The predicted octanol–water partition coefficient (Wildman–Crippen LogP) is 2.88. The topological polar surface area (TPSA) is 20.3 Å². The highest BCUT2D eigenvalue weighted by molar-refractivity contribution is 5.96. The highest BCUT2D eigenvalue weighted by Gasteiger charge is 2.13. The minimum absolute atomic E-state index is 0.155. The van der Waals surface area contributed by atoms with Crippen molar-refractivity contribution in [3.05, 3.63) is 35.4 Å². The van der Waals surface area contributed by atoms with Crippen molar-refractivity contribution in [2.24, 2.45) is 0 Å². The first kappa shape index (κ1) is 13.8. The van der Waals surface area contributed by atoms with Crippen LogP contribution in [0, 0.1) is 11.6 Å². The molecule has 1 rings (SSSR count). The third kappa shape index (κ3) is 3.89. The summed E-state index contributed by atoms with van der Waals surface area (Å²) in [6.07, 6.45) is 0.210. The first-order chi connectivity index (χ1) is 8.08. The van der Waals surface area contributed by atoms with E-state index in [1.165, 1.54) is 0 Å². The van der Waals surface area contributed by atoms with Gasteiger partial charge >= 0.3 is 0 Å². The molecule has 0 saturated carbocycles. The molecule has 2 nitrogen and oxygen atoms in total. The smallest absolute Gasteiger partial charge is 0.167 e. The van der Waals surface area contributed by atoms with Crippen LogP contribution in [0.2, 0.25) is 0 Å². The van der Waals surface area contributed by atoms with E-state index in [-0.39, 0.29) is 17.8 Å². The summed E-state index contributed by atoms with van der Waals surface area (Å²) in [4.78, 5) is 13.8. The number of benzene rings is 1. The molecule has 0 atom stereocenters. The van der Waals surface area contributed by atoms with Crippen molar-refractivity contribution in [2.75, 3.05) is 19.6 Å². The lowest BCUT2D eigenvalue weighted by molar-refractivity contribution is 0.0962. The van der Waals surface area contributed by atoms with Crippen LogP contribution in [0.5, 0.6) is 0 Å². The van der Waals surface area contributed by atoms with Gasteiger partial charge in [0.15, 0.2) is 5.78 Å². The molecule has 0 amide bonds. The Kier molecular flexibility index (Phi) is 5.22. The van der Waals surface area contributed by atoms with Gasteiger partial charge in [-0.15, -0.1) is 0 Å². The Bertz CT molecular complexity index is 389. The molecule has 0 unspecified atom stereocenters. The predicted molar refractivity (Wildman–Crippen MR) is 63.1 cm³/mol. The number of nitrogens with zero attached hydrogens (tertiary/aromatic N) is 1. The molecule has 0 aliphatic heterocycles. The summed E-state index contributed by atoms with van der Waals surface area (Å²) in [5, 5.41) is 0. The van der Waals surface area contributed by atoms with Crippen LogP contribution in [0.25, 0.3) is 0 Å². The molecule has 0 heterocycles. The summed E-state index contributed by atoms with van der Waals surface area (Å²) in [5.41, 5.74) is -0.155. The molecule has 0 aliphatic carbocycles. The van der Waals surface area contributed by atoms with Crippen LogP contribution in [0.1, 0.15) is 30.6 Å². The number of hydrogen-bond acceptors (Lipinski definition) is 2. The van der Waals surface area contributed by atoms with Crippen molar-refractivity contribution < 1.29 is 13.6 Å². The van der Waals surface area contributed by atoms with E-state index in [0.717, 1.165) is 31.3 Å². The Hall–Kier alpha value is -1.29. The van der Waals surface area contributed by atoms with E-state index in [1.54, 1.807) is 0 Å². The van der Waals surface area contributed by atoms with Crippen molar-refractivity contribution in [1.82, 2.24) is 4.90 Å². The molecule has 0 aliphatic rings. The molecule has 0 bridgehead atoms. The average Bonchev–Trinajstić information content (AvgIpc) is 2.33. The second kappa shape index (κ2) is 6.45. The zero-order valence-electron chi connectivity index (χ0n) is 10.2. The van der Waals surface area contributed by atoms with E-state index in [9.17, 15) is 13.6 Å². The lowest BCUT2D eigenvalue weighted by atomic mass is 10.1. The summed E-state index contributed by atoms with van der Waals surface area (Å²) in [7, 11) is 0. The van der Waals surface area contributed by atoms with Crippen molar-refractivity contribution in [3.8, 4) is 0 Å². The number of rotatable bonds is 6. The zero-order chi connectivity index (χ0) is 12.8. The van der Waals surface area contributed by atoms with Crippen LogP contribution in [0.3, 0.4) is 0 Å². The first-order valence-corrected chi connectivity index (χ1v) is 5.79. The highest BCUT2D eigenvalue weighted by atomic mass is 19.1. The van der Waals surface area contributed by atoms with E-state index in [2.05, 4.69) is 4.90 Å². The Morgan fingerprint density at radius 3 is 2.47 bits per heavy atom. The largest absolute Gasteiger partial charge is 0.303 e. The Morgan fingerprint density at radius 2 is 1.88 bits per heavy atom. The Morgan fingerprint density at radius 1 is 1.24 bits per heavy atom. The first-order valence-electron chi connectivity index (χ1n) is 5.79. The van der Waals surface area contributed by atoms with Gasteiger partial charge in [-0.2, -0.15) is 0 Å². The van der Waals surface area contributed by atoms with Gasteiger partial charge in [0.05, 0.1) is 5.56 Å². The van der Waals surface area contributed by atoms with Gasteiger partial charge in [0.25, 0.3) is 0 Å². The Balaban J connectivity index is 2.66. The van der Waals surface area contributed by atoms with Crippen LogP contribution >= 0.6 is 0 Å². The summed E-state index contributed by atoms with van der Waals surface area (Å²) in [6.45, 7) is 6.25. The van der Waals surface area contributed by atoms with Gasteiger partial charge in [-0.05, 0) is 31.3 Å². The van der Waals surface area contributed by atoms with Crippen LogP contribution in [0.15, 0.2) is 18.2 Å². The van der Waals surface area contributed by atoms with Gasteiger partial charge in [0, 0.05) is 13.0 Å². The normalized spacial score (nSPS) is 10.9. The number of Topliss-reactive ketones (excluding diaryl/α,β-unsaturated/α-hetero) is 1. The summed E-state index contributed by atoms with van der Waals surface area (Å²) >= 11 is 0. The molecule has 0 spiro atoms. The fourth-order valence-corrected chi connectivity index (χ4v) is 1.65. The maximum absolute atomic E-state index is 13.3. The lowest BCUT2D eigenvalue weighted by Crippen LogP contribution is -2.26. The van der Waals surface area contributed by atoms with Crippen molar-refractivity contribution >= 4 is 5.78 Å². The standard InChI is InChI=1S/C13H17F2NO/c1-3-16(4-2)8-7-13(17)11-9-10(14)5-6-12(11)15/h5-6,9H,3-4,7-8H2,1-2H3. The minimum atomic E-state index is -0.657. The molecular weight excluding hydrogens is 224 g/mol. The molecule has 1 aromatic rings. The maximum atomic E-state index is 13.3. The van der Waals surface area contributed by atoms with Crippen LogP contribution in [0.4, 0.5) is 8.78 Å². The molecule has 94 valence electrons. The number of hydrogen-bond donors (Lipinski definition) is 0. The summed E-state index contributed by atoms with van der Waals surface area (Å²) < 4.78 is 26.2. The molecule has 0 aromatic heterocycles. The van der Waals surface area contributed by atoms with Gasteiger partial charge in [-0.3, -0.25) is 4.79 Å². The molecule has 1 aromatic carbocycles. The fraction of sp³-hybridized carbons (Fsp3) is 0.462. The SMILES string of the molecule is CCN(CC)CCC(=O)c1cc(F)ccc1F. The Labute approximate surface area is 100 Å². The maximum Gasteiger partial charge on any atom is 0.167 e. The molecule has 0 N–H and O–H groups in total. The lowest BCUT2D eigenvalue weighted by Gasteiger charge is -2.17. The van der Waals surface area contributed by atoms with E-state index in [1.807, 2.05) is 13.8 Å². The third-order valence-corrected chi connectivity index (χ3v) is 2.78. The summed E-state index contributed by atoms with van der Waals surface area (Å²) in [6, 6.07) is 2.95. The van der Waals surface area contributed by atoms with Gasteiger partial charge in [0.2, 0.25) is 0 Å². The number of carbonyl (C=O) groups is 1. The van der Waals surface area contributed by atoms with Crippen molar-refractivity contribution in [3.63, 3.8) is 0 Å². The zero-order valence-corrected chi connectivity index (χ0v) is 10.2. The molecule has 0 fully saturated rings. The molecular formula is C13H17F2NO. The average molecular weight is 241 g/mol. The van der Waals surface area contributed by atoms with Gasteiger partial charge < -0.3 is 4.90 Å². The van der Waals surface area contributed by atoms with Crippen molar-refractivity contribution in [2.45, 2.75) is 20.3 Å². The third-order valence-electron chi connectivity index (χ3n) is 2.78. The molecule has 0 radical (unpaired) electrons. The highest BCUT2D eigenvalue weighted by Crippen LogP contribution is 2.12. The second-order valence-corrected chi connectivity index (χ2v) is 3.82. The monoisotopic (exact) mass is 241 g/mol. The number of halogens is 2. The van der Waals surface area contributed by atoms with Gasteiger partial charge in [0.1, 0.15) is 11.6 Å². The van der Waals surface area contributed by atoms with Crippen molar-refractivity contribution in [1.29, 1.82) is 0 Å². The van der Waals surface area contributed by atoms with Crippen LogP contribution in [-0.2, 0) is 0 Å². The van der Waals surface area contributed by atoms with Crippen LogP contribution in [-0.4, -0.2) is 30.3 Å². The number of ketones is 1. The van der Waals surface area contributed by atoms with E-state index >= 15 is 0 Å². The van der Waals surface area contributed by atoms with Crippen LogP contribution < -0.4 is 0 Å². The van der Waals surface area contributed by atoms with E-state index in [0.29, 0.717) is 6.54 Å². The molecule has 4 heteroatoms. The fourth-order valence-electron chi connectivity index (χ4n) is 1.65. The van der Waals surface area contributed by atoms with E-state index < -0.39 is 11.6 Å². The van der Waals surface area contributed by atoms with Gasteiger partial charge in [-0.25, -0.2) is 8.78 Å². The van der Waals surface area contributed by atoms with Gasteiger partial charge in [-0.1, -0.05) is 13.8 Å².